The molecule has 1 aromatic heterocycles. The number of carbonyl (C=O) groups is 1. The Kier molecular flexibility index (Phi) is 5.91. The Balaban J connectivity index is 1.83. The minimum Gasteiger partial charge on any atom is -0.458 e. The maximum atomic E-state index is 12.8. The Morgan fingerprint density at radius 3 is 2.32 bits per heavy atom. The number of nitrogens with zero attached hydrogens (tertiary/aromatic N) is 2. The van der Waals surface area contributed by atoms with Crippen LogP contribution in [0.1, 0.15) is 42.9 Å². The average Bonchev–Trinajstić information content (AvgIpc) is 3.19. The normalized spacial score (nSPS) is 15.8. The third kappa shape index (κ3) is 4.85. The molecule has 0 saturated heterocycles. The van der Waals surface area contributed by atoms with Gasteiger partial charge in [0.2, 0.25) is 5.95 Å². The van der Waals surface area contributed by atoms with Crippen molar-refractivity contribution in [1.82, 2.24) is 9.97 Å². The monoisotopic (exact) mass is 392 g/mol. The van der Waals surface area contributed by atoms with Crippen LogP contribution in [-0.4, -0.2) is 27.8 Å². The lowest BCUT2D eigenvalue weighted by molar-refractivity contribution is -0.140. The van der Waals surface area contributed by atoms with Crippen LogP contribution in [0.25, 0.3) is 0 Å². The van der Waals surface area contributed by atoms with Crippen LogP contribution in [0.5, 0.6) is 0 Å². The third-order valence-electron chi connectivity index (χ3n) is 4.50. The van der Waals surface area contributed by atoms with Crippen LogP contribution in [-0.2, 0) is 15.7 Å². The number of rotatable bonds is 6. The van der Waals surface area contributed by atoms with Crippen molar-refractivity contribution in [1.29, 1.82) is 5.41 Å². The van der Waals surface area contributed by atoms with Gasteiger partial charge in [-0.1, -0.05) is 12.1 Å². The molecule has 0 aliphatic heterocycles. The minimum absolute atomic E-state index is 0.144. The maximum Gasteiger partial charge on any atom is 0.416 e. The summed E-state index contributed by atoms with van der Waals surface area (Å²) in [7, 11) is 0. The lowest BCUT2D eigenvalue weighted by Gasteiger charge is -2.21. The van der Waals surface area contributed by atoms with Gasteiger partial charge >= 0.3 is 12.1 Å². The fourth-order valence-electron chi connectivity index (χ4n) is 3.03. The average molecular weight is 392 g/mol. The van der Waals surface area contributed by atoms with Crippen LogP contribution in [0.2, 0.25) is 0 Å². The number of aromatic nitrogens is 2. The third-order valence-corrected chi connectivity index (χ3v) is 4.50. The Bertz CT molecular complexity index is 819. The summed E-state index contributed by atoms with van der Waals surface area (Å²) in [6.07, 6.45) is 1.67. The summed E-state index contributed by atoms with van der Waals surface area (Å²) in [5.74, 6) is -0.661. The molecule has 3 rings (SSSR count). The molecule has 1 aromatic carbocycles. The first-order valence-corrected chi connectivity index (χ1v) is 8.85. The predicted octanol–water partition coefficient (Wildman–Crippen LogP) is 4.15. The van der Waals surface area contributed by atoms with E-state index in [4.69, 9.17) is 10.1 Å². The van der Waals surface area contributed by atoms with Gasteiger partial charge in [-0.25, -0.2) is 14.8 Å². The number of halogens is 3. The quantitative estimate of drug-likeness (QED) is 0.569. The number of alkyl halides is 3. The number of nitrogens with one attached hydrogen (secondary N) is 2. The lowest BCUT2D eigenvalue weighted by atomic mass is 10.0. The molecule has 0 spiro atoms. The summed E-state index contributed by atoms with van der Waals surface area (Å²) >= 11 is 0. The van der Waals surface area contributed by atoms with Gasteiger partial charge in [-0.2, -0.15) is 13.2 Å². The molecule has 1 aliphatic carbocycles. The van der Waals surface area contributed by atoms with Crippen molar-refractivity contribution >= 4 is 17.6 Å². The van der Waals surface area contributed by atoms with E-state index >= 15 is 0 Å². The number of carbonyl (C=O) groups excluding carboxylic acids is 1. The van der Waals surface area contributed by atoms with E-state index in [1.807, 2.05) is 0 Å². The van der Waals surface area contributed by atoms with Crippen molar-refractivity contribution in [2.45, 2.75) is 44.0 Å². The fraction of sp³-hybridized carbons (Fsp3) is 0.368. The van der Waals surface area contributed by atoms with Crippen LogP contribution in [0.15, 0.2) is 42.7 Å². The Morgan fingerprint density at radius 2 is 1.75 bits per heavy atom. The van der Waals surface area contributed by atoms with Crippen molar-refractivity contribution < 1.29 is 22.7 Å². The molecule has 1 unspecified atom stereocenters. The topological polar surface area (TPSA) is 88.0 Å². The van der Waals surface area contributed by atoms with Gasteiger partial charge < -0.3 is 10.1 Å². The van der Waals surface area contributed by atoms with Gasteiger partial charge in [0, 0.05) is 12.4 Å². The molecule has 1 aliphatic rings. The van der Waals surface area contributed by atoms with Crippen molar-refractivity contribution in [3.8, 4) is 0 Å². The van der Waals surface area contributed by atoms with Gasteiger partial charge in [0.05, 0.1) is 5.56 Å². The molecule has 6 nitrogen and oxygen atoms in total. The highest BCUT2D eigenvalue weighted by atomic mass is 19.4. The molecule has 1 heterocycles. The largest absolute Gasteiger partial charge is 0.458 e. The molecule has 0 bridgehead atoms. The highest BCUT2D eigenvalue weighted by Gasteiger charge is 2.32. The van der Waals surface area contributed by atoms with Crippen molar-refractivity contribution in [3.05, 3.63) is 53.9 Å². The molecule has 1 atom stereocenters. The molecule has 28 heavy (non-hydrogen) atoms. The van der Waals surface area contributed by atoms with E-state index < -0.39 is 29.5 Å². The Labute approximate surface area is 159 Å². The van der Waals surface area contributed by atoms with Crippen LogP contribution < -0.4 is 5.32 Å². The maximum absolute atomic E-state index is 12.8. The molecular formula is C19H19F3N4O2. The molecule has 9 heteroatoms. The summed E-state index contributed by atoms with van der Waals surface area (Å²) in [6, 6.07) is 4.81. The minimum atomic E-state index is -4.47. The summed E-state index contributed by atoms with van der Waals surface area (Å²) in [5.41, 5.74) is -0.932. The van der Waals surface area contributed by atoms with Crippen molar-refractivity contribution in [2.75, 3.05) is 5.32 Å². The van der Waals surface area contributed by atoms with E-state index in [-0.39, 0.29) is 12.1 Å². The zero-order valence-electron chi connectivity index (χ0n) is 14.9. The van der Waals surface area contributed by atoms with Gasteiger partial charge in [0.15, 0.2) is 0 Å². The second-order valence-electron chi connectivity index (χ2n) is 6.49. The van der Waals surface area contributed by atoms with E-state index in [1.54, 1.807) is 6.07 Å². The highest BCUT2D eigenvalue weighted by molar-refractivity contribution is 6.37. The number of hydrogen-bond donors (Lipinski definition) is 2. The van der Waals surface area contributed by atoms with E-state index in [0.717, 1.165) is 37.8 Å². The Hall–Kier alpha value is -2.97. The zero-order valence-corrected chi connectivity index (χ0v) is 14.9. The van der Waals surface area contributed by atoms with Crippen molar-refractivity contribution in [3.63, 3.8) is 0 Å². The second-order valence-corrected chi connectivity index (χ2v) is 6.49. The van der Waals surface area contributed by atoms with Gasteiger partial charge in [-0.15, -0.1) is 0 Å². The summed E-state index contributed by atoms with van der Waals surface area (Å²) < 4.78 is 43.9. The molecule has 1 saturated carbocycles. The van der Waals surface area contributed by atoms with E-state index in [1.165, 1.54) is 24.5 Å². The van der Waals surface area contributed by atoms with E-state index in [0.29, 0.717) is 5.56 Å². The lowest BCUT2D eigenvalue weighted by Crippen LogP contribution is -2.31. The number of anilines is 1. The number of benzene rings is 1. The van der Waals surface area contributed by atoms with Gasteiger partial charge in [-0.05, 0) is 49.4 Å². The van der Waals surface area contributed by atoms with Crippen LogP contribution >= 0.6 is 0 Å². The SMILES string of the molecule is N=C(C(=O)OC1CCCC1)C(Nc1ncccn1)c1ccc(C(F)(F)F)cc1. The molecule has 0 radical (unpaired) electrons. The first-order valence-electron chi connectivity index (χ1n) is 8.85. The molecule has 2 aromatic rings. The smallest absolute Gasteiger partial charge is 0.416 e. The summed E-state index contributed by atoms with van der Waals surface area (Å²) in [4.78, 5) is 20.4. The van der Waals surface area contributed by atoms with Crippen LogP contribution in [0.4, 0.5) is 19.1 Å². The van der Waals surface area contributed by atoms with Gasteiger partial charge in [0.25, 0.3) is 0 Å². The first kappa shape index (κ1) is 19.8. The second kappa shape index (κ2) is 8.37. The number of hydrogen-bond acceptors (Lipinski definition) is 6. The van der Waals surface area contributed by atoms with Gasteiger partial charge in [-0.3, -0.25) is 5.41 Å². The first-order chi connectivity index (χ1) is 13.3. The van der Waals surface area contributed by atoms with E-state index in [9.17, 15) is 18.0 Å². The highest BCUT2D eigenvalue weighted by Crippen LogP contribution is 2.31. The number of ether oxygens (including phenoxy) is 1. The summed E-state index contributed by atoms with van der Waals surface area (Å²) in [5, 5.41) is 11.1. The Morgan fingerprint density at radius 1 is 1.14 bits per heavy atom. The molecule has 148 valence electrons. The zero-order chi connectivity index (χ0) is 20.1. The van der Waals surface area contributed by atoms with Gasteiger partial charge in [0.1, 0.15) is 17.9 Å². The number of esters is 1. The standard InChI is InChI=1S/C19H19F3N4O2/c20-19(21,22)13-8-6-12(7-9-13)16(26-18-24-10-3-11-25-18)15(23)17(27)28-14-4-1-2-5-14/h3,6-11,14,16,23H,1-2,4-5H2,(H,24,25,26). The molecular weight excluding hydrogens is 373 g/mol. The summed E-state index contributed by atoms with van der Waals surface area (Å²) in [6.45, 7) is 0. The van der Waals surface area contributed by atoms with Crippen LogP contribution in [0.3, 0.4) is 0 Å². The molecule has 0 amide bonds. The van der Waals surface area contributed by atoms with E-state index in [2.05, 4.69) is 15.3 Å². The molecule has 1 fully saturated rings. The van der Waals surface area contributed by atoms with Crippen molar-refractivity contribution in [2.24, 2.45) is 0 Å². The van der Waals surface area contributed by atoms with Crippen LogP contribution in [0, 0.1) is 5.41 Å². The molecule has 2 N–H and O–H groups in total. The predicted molar refractivity (Wildman–Crippen MR) is 95.9 cm³/mol. The fourth-order valence-corrected chi connectivity index (χ4v) is 3.03.